The minimum absolute atomic E-state index is 0. The molecule has 0 fully saturated rings. The number of aryl methyl sites for hydroxylation is 2. The number of anilines is 1. The third-order valence-electron chi connectivity index (χ3n) is 4.59. The molecule has 0 amide bonds. The van der Waals surface area contributed by atoms with Crippen molar-refractivity contribution in [3.05, 3.63) is 102 Å². The van der Waals surface area contributed by atoms with Crippen molar-refractivity contribution in [2.75, 3.05) is 39.1 Å². The van der Waals surface area contributed by atoms with Gasteiger partial charge in [0.2, 0.25) is 0 Å². The first-order chi connectivity index (χ1) is 15.5. The lowest BCUT2D eigenvalue weighted by Crippen LogP contribution is -2.35. The fourth-order valence-corrected chi connectivity index (χ4v) is 3.11. The van der Waals surface area contributed by atoms with Gasteiger partial charge in [-0.3, -0.25) is 0 Å². The number of hydrogen-bond donors (Lipinski definition) is 4. The molecule has 0 saturated carbocycles. The summed E-state index contributed by atoms with van der Waals surface area (Å²) in [7, 11) is 5.61. The van der Waals surface area contributed by atoms with E-state index in [1.54, 1.807) is 6.20 Å². The Morgan fingerprint density at radius 2 is 1.39 bits per heavy atom. The third-order valence-corrected chi connectivity index (χ3v) is 4.59. The van der Waals surface area contributed by atoms with E-state index in [1.807, 2.05) is 45.4 Å². The fourth-order valence-electron chi connectivity index (χ4n) is 3.11. The van der Waals surface area contributed by atoms with Gasteiger partial charge in [-0.1, -0.05) is 72.3 Å². The van der Waals surface area contributed by atoms with Crippen LogP contribution in [0.4, 0.5) is 5.69 Å². The summed E-state index contributed by atoms with van der Waals surface area (Å²) in [5, 5.41) is 5.87. The molecule has 0 bridgehead atoms. The highest BCUT2D eigenvalue weighted by Crippen LogP contribution is 2.28. The number of nitrogens with two attached hydrogens (primary N) is 2. The maximum absolute atomic E-state index is 5.75. The van der Waals surface area contributed by atoms with Gasteiger partial charge in [0.05, 0.1) is 0 Å². The second-order valence-corrected chi connectivity index (χ2v) is 7.26. The number of hydrogen-bond acceptors (Lipinski definition) is 5. The highest BCUT2D eigenvalue weighted by atomic mass is 16.0. The Balaban J connectivity index is 0.000000777. The van der Waals surface area contributed by atoms with E-state index in [0.717, 1.165) is 11.5 Å². The van der Waals surface area contributed by atoms with Crippen molar-refractivity contribution in [3.63, 3.8) is 0 Å². The molecule has 0 atom stereocenters. The normalized spacial score (nSPS) is 9.94. The molecule has 0 aliphatic rings. The van der Waals surface area contributed by atoms with E-state index in [4.69, 9.17) is 11.5 Å². The van der Waals surface area contributed by atoms with E-state index < -0.39 is 0 Å². The topological polar surface area (TPSA) is 111 Å². The Bertz CT molecular complexity index is 914. The summed E-state index contributed by atoms with van der Waals surface area (Å²) in [4.78, 5) is 2.10. The largest absolute Gasteiger partial charge is 0.412 e. The van der Waals surface area contributed by atoms with Gasteiger partial charge in [-0.25, -0.2) is 0 Å². The standard InChI is InChI=1S/C18H24N4.C7H8.C2H7N.H2O/c1-14-12-16(15-6-4-3-5-7-15)8-9-17(14)22(11-10-19)18(13-20)21-2;1-7-5-3-2-4-6-7;1-3-2;/h3-9,12-13,21H,10-11,19-20H2,1-2H3;2-6H,1H3;3H,1-2H3;1H2/b18-13+;;;. The average molecular weight is 452 g/mol. The van der Waals surface area contributed by atoms with E-state index in [1.165, 1.54) is 22.3 Å². The molecule has 0 saturated heterocycles. The molecule has 6 heteroatoms. The van der Waals surface area contributed by atoms with Crippen molar-refractivity contribution in [3.8, 4) is 11.1 Å². The van der Waals surface area contributed by atoms with E-state index in [-0.39, 0.29) is 5.48 Å². The van der Waals surface area contributed by atoms with Crippen LogP contribution in [0.1, 0.15) is 11.1 Å². The van der Waals surface area contributed by atoms with Crippen LogP contribution in [0.15, 0.2) is 90.9 Å². The summed E-state index contributed by atoms with van der Waals surface area (Å²) < 4.78 is 0. The molecule has 3 aromatic rings. The molecule has 0 spiro atoms. The lowest BCUT2D eigenvalue weighted by molar-refractivity contribution is 0.803. The first-order valence-electron chi connectivity index (χ1n) is 10.9. The molecule has 8 N–H and O–H groups in total. The van der Waals surface area contributed by atoms with Gasteiger partial charge in [-0.2, -0.15) is 0 Å². The van der Waals surface area contributed by atoms with Gasteiger partial charge in [0, 0.05) is 32.0 Å². The number of rotatable bonds is 6. The molecule has 180 valence electrons. The van der Waals surface area contributed by atoms with Crippen LogP contribution in [-0.4, -0.2) is 39.7 Å². The summed E-state index contributed by atoms with van der Waals surface area (Å²) in [6.45, 7) is 5.45. The molecule has 6 nitrogen and oxygen atoms in total. The van der Waals surface area contributed by atoms with Crippen molar-refractivity contribution in [2.24, 2.45) is 11.5 Å². The van der Waals surface area contributed by atoms with Crippen molar-refractivity contribution >= 4 is 5.69 Å². The second kappa shape index (κ2) is 17.3. The molecular weight excluding hydrogens is 410 g/mol. The maximum Gasteiger partial charge on any atom is 0.122 e. The number of nitrogens with one attached hydrogen (secondary N) is 2. The Kier molecular flexibility index (Phi) is 15.5. The molecule has 3 aromatic carbocycles. The van der Waals surface area contributed by atoms with Gasteiger partial charge in [0.25, 0.3) is 0 Å². The van der Waals surface area contributed by atoms with Gasteiger partial charge in [0.1, 0.15) is 5.82 Å². The predicted octanol–water partition coefficient (Wildman–Crippen LogP) is 3.41. The Morgan fingerprint density at radius 1 is 0.848 bits per heavy atom. The van der Waals surface area contributed by atoms with E-state index >= 15 is 0 Å². The molecule has 0 unspecified atom stereocenters. The molecule has 0 radical (unpaired) electrons. The molecule has 0 aliphatic heterocycles. The van der Waals surface area contributed by atoms with Gasteiger partial charge in [0.15, 0.2) is 0 Å². The molecular formula is C27H41N5O. The Hall–Kier alpha value is -3.32. The first kappa shape index (κ1) is 29.7. The number of benzene rings is 3. The van der Waals surface area contributed by atoms with Crippen molar-refractivity contribution in [1.29, 1.82) is 0 Å². The van der Waals surface area contributed by atoms with Gasteiger partial charge in [-0.05, 0) is 56.8 Å². The molecule has 3 rings (SSSR count). The van der Waals surface area contributed by atoms with Crippen molar-refractivity contribution in [1.82, 2.24) is 10.6 Å². The van der Waals surface area contributed by atoms with Crippen LogP contribution in [0.5, 0.6) is 0 Å². The predicted molar refractivity (Wildman–Crippen MR) is 144 cm³/mol. The van der Waals surface area contributed by atoms with Gasteiger partial charge >= 0.3 is 0 Å². The molecule has 0 aliphatic carbocycles. The average Bonchev–Trinajstić information content (AvgIpc) is 2.81. The maximum atomic E-state index is 5.75. The van der Waals surface area contributed by atoms with E-state index in [0.29, 0.717) is 13.1 Å². The lowest BCUT2D eigenvalue weighted by Gasteiger charge is -2.28. The van der Waals surface area contributed by atoms with Crippen LogP contribution in [0, 0.1) is 13.8 Å². The van der Waals surface area contributed by atoms with E-state index in [2.05, 4.69) is 84.0 Å². The second-order valence-electron chi connectivity index (χ2n) is 7.26. The lowest BCUT2D eigenvalue weighted by atomic mass is 10.0. The van der Waals surface area contributed by atoms with Crippen LogP contribution in [0.2, 0.25) is 0 Å². The first-order valence-corrected chi connectivity index (χ1v) is 10.9. The SMILES string of the molecule is CN/C(=C\N)N(CCN)c1ccc(-c2ccccc2)cc1C.CNC.Cc1ccccc1.O. The zero-order valence-electron chi connectivity index (χ0n) is 20.6. The third kappa shape index (κ3) is 10.2. The van der Waals surface area contributed by atoms with Crippen LogP contribution >= 0.6 is 0 Å². The quantitative estimate of drug-likeness (QED) is 0.459. The smallest absolute Gasteiger partial charge is 0.122 e. The molecule has 0 heterocycles. The Labute approximate surface area is 199 Å². The van der Waals surface area contributed by atoms with Crippen LogP contribution in [0.25, 0.3) is 11.1 Å². The van der Waals surface area contributed by atoms with E-state index in [9.17, 15) is 0 Å². The zero-order chi connectivity index (χ0) is 23.8. The minimum Gasteiger partial charge on any atom is -0.412 e. The molecule has 0 aromatic heterocycles. The van der Waals surface area contributed by atoms with Gasteiger partial charge < -0.3 is 32.5 Å². The summed E-state index contributed by atoms with van der Waals surface area (Å²) in [6.07, 6.45) is 1.57. The monoisotopic (exact) mass is 451 g/mol. The minimum atomic E-state index is 0. The Morgan fingerprint density at radius 3 is 1.79 bits per heavy atom. The van der Waals surface area contributed by atoms with Gasteiger partial charge in [-0.15, -0.1) is 0 Å². The van der Waals surface area contributed by atoms with Crippen molar-refractivity contribution < 1.29 is 5.48 Å². The van der Waals surface area contributed by atoms with Crippen LogP contribution in [0.3, 0.4) is 0 Å². The highest BCUT2D eigenvalue weighted by Gasteiger charge is 2.13. The summed E-state index contributed by atoms with van der Waals surface area (Å²) >= 11 is 0. The number of nitrogens with zero attached hydrogens (tertiary/aromatic N) is 1. The van der Waals surface area contributed by atoms with Crippen LogP contribution < -0.4 is 27.0 Å². The van der Waals surface area contributed by atoms with Crippen LogP contribution in [-0.2, 0) is 0 Å². The summed E-state index contributed by atoms with van der Waals surface area (Å²) in [5.41, 5.74) is 17.5. The zero-order valence-corrected chi connectivity index (χ0v) is 20.6. The van der Waals surface area contributed by atoms with Crippen molar-refractivity contribution in [2.45, 2.75) is 13.8 Å². The summed E-state index contributed by atoms with van der Waals surface area (Å²) in [5.74, 6) is 0.848. The highest BCUT2D eigenvalue weighted by molar-refractivity contribution is 5.69. The molecule has 33 heavy (non-hydrogen) atoms. The fraction of sp³-hybridized carbons (Fsp3) is 0.259. The summed E-state index contributed by atoms with van der Waals surface area (Å²) in [6, 6.07) is 27.1.